The fourth-order valence-electron chi connectivity index (χ4n) is 2.97. The van der Waals surface area contributed by atoms with Gasteiger partial charge in [-0.2, -0.15) is 0 Å². The Hall–Kier alpha value is -2.09. The van der Waals surface area contributed by atoms with Crippen molar-refractivity contribution in [2.45, 2.75) is 12.5 Å². The first-order chi connectivity index (χ1) is 13.3. The van der Waals surface area contributed by atoms with E-state index >= 15 is 0 Å². The minimum absolute atomic E-state index is 0.178. The number of urea groups is 1. The molecule has 0 radical (unpaired) electrons. The molecule has 0 saturated carbocycles. The average molecular weight is 467 g/mol. The molecule has 0 aromatic heterocycles. The van der Waals surface area contributed by atoms with E-state index in [0.717, 1.165) is 10.2 Å². The van der Waals surface area contributed by atoms with Gasteiger partial charge >= 0.3 is 6.03 Å². The Morgan fingerprint density at radius 1 is 1.14 bits per heavy atom. The van der Waals surface area contributed by atoms with Crippen LogP contribution in [-0.4, -0.2) is 48.6 Å². The number of hydrogen-bond acceptors (Lipinski definition) is 4. The number of nitrogens with zero attached hydrogens (tertiary/aromatic N) is 2. The summed E-state index contributed by atoms with van der Waals surface area (Å²) >= 11 is 9.30. The van der Waals surface area contributed by atoms with E-state index in [0.29, 0.717) is 23.7 Å². The fourth-order valence-corrected chi connectivity index (χ4v) is 3.36. The summed E-state index contributed by atoms with van der Waals surface area (Å²) in [6, 6.07) is 14.1. The lowest BCUT2D eigenvalue weighted by Gasteiger charge is -2.24. The summed E-state index contributed by atoms with van der Waals surface area (Å²) in [7, 11) is 1.84. The molecule has 1 fully saturated rings. The second-order valence-corrected chi connectivity index (χ2v) is 8.17. The zero-order valence-electron chi connectivity index (χ0n) is 15.6. The highest BCUT2D eigenvalue weighted by atomic mass is 79.9. The number of benzene rings is 2. The number of imide groups is 1. The molecule has 2 aromatic rings. The Morgan fingerprint density at radius 2 is 1.79 bits per heavy atom. The number of ether oxygens (including phenoxy) is 1. The molecule has 0 spiro atoms. The van der Waals surface area contributed by atoms with Crippen molar-refractivity contribution in [1.82, 2.24) is 15.1 Å². The summed E-state index contributed by atoms with van der Waals surface area (Å²) in [5, 5.41) is 3.37. The van der Waals surface area contributed by atoms with Crippen LogP contribution in [0, 0.1) is 0 Å². The van der Waals surface area contributed by atoms with Gasteiger partial charge in [-0.05, 0) is 55.9 Å². The fraction of sp³-hybridized carbons (Fsp3) is 0.300. The third kappa shape index (κ3) is 4.48. The molecule has 1 aliphatic heterocycles. The van der Waals surface area contributed by atoms with E-state index in [4.69, 9.17) is 16.3 Å². The lowest BCUT2D eigenvalue weighted by Crippen LogP contribution is -2.43. The molecule has 1 aliphatic rings. The van der Waals surface area contributed by atoms with Gasteiger partial charge in [-0.15, -0.1) is 0 Å². The highest BCUT2D eigenvalue weighted by molar-refractivity contribution is 9.10. The van der Waals surface area contributed by atoms with Crippen LogP contribution in [0.4, 0.5) is 4.79 Å². The number of halogens is 2. The Balaban J connectivity index is 1.57. The van der Waals surface area contributed by atoms with Gasteiger partial charge in [-0.25, -0.2) is 9.69 Å². The molecule has 3 rings (SSSR count). The van der Waals surface area contributed by atoms with E-state index in [1.54, 1.807) is 31.2 Å². The van der Waals surface area contributed by atoms with Gasteiger partial charge in [-0.1, -0.05) is 39.7 Å². The van der Waals surface area contributed by atoms with Gasteiger partial charge in [0, 0.05) is 16.0 Å². The summed E-state index contributed by atoms with van der Waals surface area (Å²) in [6.07, 6.45) is 0. The van der Waals surface area contributed by atoms with E-state index in [2.05, 4.69) is 21.2 Å². The third-order valence-corrected chi connectivity index (χ3v) is 5.42. The standard InChI is InChI=1S/C20H21BrClN3O3/c1-20(14-3-7-16(22)8-4-14)18(26)25(19(27)23-20)13-24(2)11-12-28-17-9-5-15(21)6-10-17/h3-10H,11-13H2,1-2H3,(H,23,27)/t20-/m1/s1. The van der Waals surface area contributed by atoms with Crippen molar-refractivity contribution < 1.29 is 14.3 Å². The van der Waals surface area contributed by atoms with Gasteiger partial charge in [0.25, 0.3) is 5.91 Å². The van der Waals surface area contributed by atoms with Gasteiger partial charge in [0.05, 0.1) is 6.67 Å². The van der Waals surface area contributed by atoms with Crippen molar-refractivity contribution in [3.63, 3.8) is 0 Å². The van der Waals surface area contributed by atoms with Crippen molar-refractivity contribution in [2.75, 3.05) is 26.9 Å². The zero-order valence-corrected chi connectivity index (χ0v) is 18.0. The number of likely N-dealkylation sites (N-methyl/N-ethyl adjacent to an activating group) is 1. The maximum Gasteiger partial charge on any atom is 0.326 e. The van der Waals surface area contributed by atoms with Crippen molar-refractivity contribution in [3.05, 3.63) is 63.6 Å². The second-order valence-electron chi connectivity index (χ2n) is 6.82. The van der Waals surface area contributed by atoms with Gasteiger partial charge in [0.2, 0.25) is 0 Å². The van der Waals surface area contributed by atoms with Gasteiger partial charge in [0.1, 0.15) is 17.9 Å². The lowest BCUT2D eigenvalue weighted by molar-refractivity contribution is -0.132. The van der Waals surface area contributed by atoms with Crippen LogP contribution in [0.2, 0.25) is 5.02 Å². The van der Waals surface area contributed by atoms with Crippen molar-refractivity contribution in [2.24, 2.45) is 0 Å². The lowest BCUT2D eigenvalue weighted by atomic mass is 9.92. The van der Waals surface area contributed by atoms with Gasteiger partial charge in [0.15, 0.2) is 0 Å². The maximum atomic E-state index is 12.9. The Kier molecular flexibility index (Phi) is 6.27. The first kappa shape index (κ1) is 20.6. The molecular weight excluding hydrogens is 446 g/mol. The van der Waals surface area contributed by atoms with Gasteiger partial charge in [-0.3, -0.25) is 9.69 Å². The van der Waals surface area contributed by atoms with Crippen LogP contribution in [0.5, 0.6) is 5.75 Å². The van der Waals surface area contributed by atoms with Crippen LogP contribution in [0.3, 0.4) is 0 Å². The first-order valence-corrected chi connectivity index (χ1v) is 9.94. The Labute approximate surface area is 177 Å². The van der Waals surface area contributed by atoms with Crippen molar-refractivity contribution >= 4 is 39.5 Å². The molecule has 1 saturated heterocycles. The smallest absolute Gasteiger partial charge is 0.326 e. The monoisotopic (exact) mass is 465 g/mol. The third-order valence-electron chi connectivity index (χ3n) is 4.63. The summed E-state index contributed by atoms with van der Waals surface area (Å²) in [5.41, 5.74) is -0.407. The molecule has 1 N–H and O–H groups in total. The molecule has 0 unspecified atom stereocenters. The van der Waals surface area contributed by atoms with Gasteiger partial charge < -0.3 is 10.1 Å². The first-order valence-electron chi connectivity index (χ1n) is 8.76. The minimum atomic E-state index is -1.10. The number of carbonyl (C=O) groups excluding carboxylic acids is 2. The van der Waals surface area contributed by atoms with Crippen LogP contribution in [0.1, 0.15) is 12.5 Å². The van der Waals surface area contributed by atoms with Crippen molar-refractivity contribution in [1.29, 1.82) is 0 Å². The average Bonchev–Trinajstić information content (AvgIpc) is 2.88. The normalized spacial score (nSPS) is 19.2. The molecular formula is C20H21BrClN3O3. The van der Waals surface area contributed by atoms with E-state index in [-0.39, 0.29) is 12.6 Å². The molecule has 2 aromatic carbocycles. The predicted octanol–water partition coefficient (Wildman–Crippen LogP) is 3.84. The maximum absolute atomic E-state index is 12.9. The summed E-state index contributed by atoms with van der Waals surface area (Å²) in [6.45, 7) is 2.88. The molecule has 8 heteroatoms. The quantitative estimate of drug-likeness (QED) is 0.630. The molecule has 0 bridgehead atoms. The second kappa shape index (κ2) is 8.51. The molecule has 1 atom stereocenters. The Morgan fingerprint density at radius 3 is 2.43 bits per heavy atom. The molecule has 148 valence electrons. The van der Waals surface area contributed by atoms with Crippen LogP contribution in [0.15, 0.2) is 53.0 Å². The van der Waals surface area contributed by atoms with Crippen LogP contribution < -0.4 is 10.1 Å². The molecule has 1 heterocycles. The van der Waals surface area contributed by atoms with Crippen LogP contribution >= 0.6 is 27.5 Å². The highest BCUT2D eigenvalue weighted by Gasteiger charge is 2.49. The van der Waals surface area contributed by atoms with E-state index in [1.807, 2.05) is 36.2 Å². The molecule has 0 aliphatic carbocycles. The highest BCUT2D eigenvalue weighted by Crippen LogP contribution is 2.29. The largest absolute Gasteiger partial charge is 0.492 e. The van der Waals surface area contributed by atoms with E-state index in [1.165, 1.54) is 4.90 Å². The van der Waals surface area contributed by atoms with E-state index in [9.17, 15) is 9.59 Å². The van der Waals surface area contributed by atoms with E-state index < -0.39 is 11.6 Å². The van der Waals surface area contributed by atoms with Crippen molar-refractivity contribution in [3.8, 4) is 5.75 Å². The number of hydrogen-bond donors (Lipinski definition) is 1. The van der Waals surface area contributed by atoms with Crippen LogP contribution in [-0.2, 0) is 10.3 Å². The molecule has 3 amide bonds. The summed E-state index contributed by atoms with van der Waals surface area (Å²) < 4.78 is 6.68. The van der Waals surface area contributed by atoms with Crippen LogP contribution in [0.25, 0.3) is 0 Å². The zero-order chi connectivity index (χ0) is 20.3. The summed E-state index contributed by atoms with van der Waals surface area (Å²) in [5.74, 6) is 0.474. The summed E-state index contributed by atoms with van der Waals surface area (Å²) in [4.78, 5) is 28.4. The molecule has 6 nitrogen and oxygen atoms in total. The molecule has 28 heavy (non-hydrogen) atoms. The SMILES string of the molecule is CN(CCOc1ccc(Br)cc1)CN1C(=O)N[C@](C)(c2ccc(Cl)cc2)C1=O. The Bertz CT molecular complexity index is 860. The minimum Gasteiger partial charge on any atom is -0.492 e. The number of nitrogens with one attached hydrogen (secondary N) is 1. The number of amides is 3. The predicted molar refractivity (Wildman–Crippen MR) is 111 cm³/mol. The number of carbonyl (C=O) groups is 2. The number of rotatable bonds is 7. The topological polar surface area (TPSA) is 61.9 Å².